The minimum Gasteiger partial charge on any atom is -0.370 e. The summed E-state index contributed by atoms with van der Waals surface area (Å²) >= 11 is 4.00. The zero-order valence-electron chi connectivity index (χ0n) is 22.2. The van der Waals surface area contributed by atoms with Gasteiger partial charge in [-0.15, -0.1) is 0 Å². The highest BCUT2D eigenvalue weighted by molar-refractivity contribution is 7.80. The van der Waals surface area contributed by atoms with E-state index < -0.39 is 0 Å². The molecule has 4 N–H and O–H groups in total. The quantitative estimate of drug-likeness (QED) is 0.103. The van der Waals surface area contributed by atoms with Crippen LogP contribution in [0.2, 0.25) is 0 Å². The molecule has 0 fully saturated rings. The van der Waals surface area contributed by atoms with Gasteiger partial charge in [-0.1, -0.05) is 79.8 Å². The summed E-state index contributed by atoms with van der Waals surface area (Å²) in [6.07, 6.45) is 33.5. The van der Waals surface area contributed by atoms with Crippen molar-refractivity contribution in [1.29, 1.82) is 0 Å². The maximum atomic E-state index is 11.7. The second-order valence-corrected chi connectivity index (χ2v) is 8.19. The van der Waals surface area contributed by atoms with Gasteiger partial charge in [0.25, 0.3) is 0 Å². The van der Waals surface area contributed by atoms with E-state index >= 15 is 0 Å². The molecule has 0 radical (unpaired) electrons. The fourth-order valence-corrected chi connectivity index (χ4v) is 2.74. The number of hydrogen-bond acceptors (Lipinski definition) is 4. The number of amides is 3. The molecule has 0 aromatic carbocycles. The first-order valence-electron chi connectivity index (χ1n) is 12.7. The van der Waals surface area contributed by atoms with Crippen LogP contribution in [0.1, 0.15) is 71.6 Å². The number of hydrogen-bond donors (Lipinski definition) is 4. The molecular weight excluding hydrogens is 470 g/mol. The van der Waals surface area contributed by atoms with Crippen molar-refractivity contribution >= 4 is 30.4 Å². The first-order chi connectivity index (χ1) is 17.4. The Kier molecular flexibility index (Phi) is 29.7. The second-order valence-electron chi connectivity index (χ2n) is 7.74. The van der Waals surface area contributed by atoms with Crippen molar-refractivity contribution in [2.24, 2.45) is 5.73 Å². The Morgan fingerprint density at radius 3 is 1.33 bits per heavy atom. The zero-order valence-corrected chi connectivity index (χ0v) is 23.1. The van der Waals surface area contributed by atoms with Crippen LogP contribution in [-0.2, 0) is 14.4 Å². The van der Waals surface area contributed by atoms with E-state index in [1.165, 1.54) is 6.92 Å². The molecule has 0 atom stereocenters. The molecule has 0 saturated heterocycles. The number of nitrogens with two attached hydrogens (primary N) is 1. The Morgan fingerprint density at radius 1 is 0.639 bits per heavy atom. The summed E-state index contributed by atoms with van der Waals surface area (Å²) in [6.45, 7) is 4.37. The number of allylic oxidation sites excluding steroid dienone is 12. The number of nitrogens with one attached hydrogen (secondary N) is 2. The van der Waals surface area contributed by atoms with E-state index in [1.54, 1.807) is 0 Å². The molecule has 0 bridgehead atoms. The van der Waals surface area contributed by atoms with Gasteiger partial charge >= 0.3 is 0 Å². The lowest BCUT2D eigenvalue weighted by Gasteiger charge is -2.05. The van der Waals surface area contributed by atoms with Crippen LogP contribution in [0, 0.1) is 0 Å². The lowest BCUT2D eigenvalue weighted by Crippen LogP contribution is -2.34. The van der Waals surface area contributed by atoms with Crippen molar-refractivity contribution in [3.63, 3.8) is 0 Å². The van der Waals surface area contributed by atoms with Crippen LogP contribution in [0.5, 0.6) is 0 Å². The van der Waals surface area contributed by atoms with Crippen LogP contribution < -0.4 is 16.4 Å². The van der Waals surface area contributed by atoms with Crippen molar-refractivity contribution in [3.8, 4) is 0 Å². The van der Waals surface area contributed by atoms with Gasteiger partial charge in [0.1, 0.15) is 0 Å². The molecule has 36 heavy (non-hydrogen) atoms. The lowest BCUT2D eigenvalue weighted by molar-refractivity contribution is -0.122. The number of carbonyl (C=O) groups excluding carboxylic acids is 3. The summed E-state index contributed by atoms with van der Waals surface area (Å²) < 4.78 is 0. The van der Waals surface area contributed by atoms with Gasteiger partial charge < -0.3 is 16.4 Å². The van der Waals surface area contributed by atoms with Gasteiger partial charge in [0, 0.05) is 32.9 Å². The molecule has 0 heterocycles. The molecule has 7 heteroatoms. The molecule has 0 unspecified atom stereocenters. The van der Waals surface area contributed by atoms with Crippen molar-refractivity contribution < 1.29 is 14.4 Å². The minimum absolute atomic E-state index is 0.00738. The predicted molar refractivity (Wildman–Crippen MR) is 157 cm³/mol. The average Bonchev–Trinajstić information content (AvgIpc) is 2.83. The van der Waals surface area contributed by atoms with Crippen LogP contribution in [0.4, 0.5) is 0 Å². The summed E-state index contributed by atoms with van der Waals surface area (Å²) in [7, 11) is 0. The van der Waals surface area contributed by atoms with Crippen LogP contribution in [0.25, 0.3) is 0 Å². The molecule has 0 aromatic rings. The molecule has 6 nitrogen and oxygen atoms in total. The normalized spacial score (nSPS) is 11.8. The second kappa shape index (κ2) is 30.2. The number of thiol groups is 1. The topological polar surface area (TPSA) is 101 Å². The standard InChI is InChI=1S/C27H42N2O2S.C2H5NO/c1-2-3-4-5-6-7-8-9-10-11-12-13-14-15-16-17-18-19-20-21-26(30)28-23-24-29-27(31)22-25-32;1-2(3)4/h3-4,6-7,9-10,12-13,15-16,18-19,32H,2,5,8,11,14,17,20-25H2,1H3,(H,28,30)(H,29,31);1H3,(H2,3,4)/b4-3-,7-6-,10-9-,13-12-,16-15-,19-18-;. The maximum Gasteiger partial charge on any atom is 0.220 e. The van der Waals surface area contributed by atoms with Gasteiger partial charge in [-0.2, -0.15) is 12.6 Å². The van der Waals surface area contributed by atoms with Crippen LogP contribution in [0.15, 0.2) is 72.9 Å². The van der Waals surface area contributed by atoms with E-state index in [4.69, 9.17) is 0 Å². The van der Waals surface area contributed by atoms with Crippen molar-refractivity contribution in [2.45, 2.75) is 71.6 Å². The van der Waals surface area contributed by atoms with E-state index in [1.807, 2.05) is 6.08 Å². The first-order valence-corrected chi connectivity index (χ1v) is 13.4. The molecule has 3 amide bonds. The molecule has 202 valence electrons. The number of carbonyl (C=O) groups is 3. The lowest BCUT2D eigenvalue weighted by atomic mass is 10.2. The predicted octanol–water partition coefficient (Wildman–Crippen LogP) is 5.51. The SMILES string of the molecule is CC(N)=O.CC/C=C\C/C=C\C/C=C\C/C=C\C/C=C\C/C=C\CCC(=O)NCCNC(=O)CCS. The van der Waals surface area contributed by atoms with Gasteiger partial charge in [-0.25, -0.2) is 0 Å². The first kappa shape index (κ1) is 35.4. The summed E-state index contributed by atoms with van der Waals surface area (Å²) in [5.41, 5.74) is 4.47. The Hall–Kier alpha value is -2.80. The highest BCUT2D eigenvalue weighted by Gasteiger charge is 2.00. The number of primary amides is 1. The van der Waals surface area contributed by atoms with Crippen LogP contribution >= 0.6 is 12.6 Å². The van der Waals surface area contributed by atoms with Gasteiger partial charge in [0.05, 0.1) is 0 Å². The molecule has 0 saturated carbocycles. The third-order valence-electron chi connectivity index (χ3n) is 4.24. The highest BCUT2D eigenvalue weighted by Crippen LogP contribution is 1.97. The highest BCUT2D eigenvalue weighted by atomic mass is 32.1. The Bertz CT molecular complexity index is 734. The molecule has 0 aliphatic heterocycles. The van der Waals surface area contributed by atoms with E-state index in [2.05, 4.69) is 103 Å². The molecule has 0 spiro atoms. The smallest absolute Gasteiger partial charge is 0.220 e. The van der Waals surface area contributed by atoms with E-state index in [0.717, 1.165) is 44.9 Å². The fraction of sp³-hybridized carbons (Fsp3) is 0.483. The van der Waals surface area contributed by atoms with E-state index in [-0.39, 0.29) is 17.7 Å². The summed E-state index contributed by atoms with van der Waals surface area (Å²) in [5, 5.41) is 5.53. The number of rotatable bonds is 19. The molecule has 0 aliphatic carbocycles. The molecular formula is C29H47N3O3S. The summed E-state index contributed by atoms with van der Waals surface area (Å²) in [6, 6.07) is 0. The van der Waals surface area contributed by atoms with Crippen molar-refractivity contribution in [2.75, 3.05) is 18.8 Å². The Morgan fingerprint density at radius 2 is 0.972 bits per heavy atom. The van der Waals surface area contributed by atoms with Gasteiger partial charge in [0.15, 0.2) is 0 Å². The molecule has 0 aromatic heterocycles. The zero-order chi connectivity index (χ0) is 27.1. The average molecular weight is 518 g/mol. The third-order valence-corrected chi connectivity index (χ3v) is 4.47. The molecule has 0 rings (SSSR count). The van der Waals surface area contributed by atoms with Crippen molar-refractivity contribution in [1.82, 2.24) is 10.6 Å². The van der Waals surface area contributed by atoms with Gasteiger partial charge in [-0.05, 0) is 50.7 Å². The fourth-order valence-electron chi connectivity index (χ4n) is 2.54. The molecule has 0 aliphatic rings. The van der Waals surface area contributed by atoms with E-state index in [9.17, 15) is 14.4 Å². The van der Waals surface area contributed by atoms with Gasteiger partial charge in [0.2, 0.25) is 17.7 Å². The van der Waals surface area contributed by atoms with E-state index in [0.29, 0.717) is 31.7 Å². The summed E-state index contributed by atoms with van der Waals surface area (Å²) in [5.74, 6) is 0.171. The Balaban J connectivity index is 0. The monoisotopic (exact) mass is 517 g/mol. The largest absolute Gasteiger partial charge is 0.370 e. The van der Waals surface area contributed by atoms with Crippen LogP contribution in [-0.4, -0.2) is 36.6 Å². The minimum atomic E-state index is -0.333. The third kappa shape index (κ3) is 35.8. The maximum absolute atomic E-state index is 11.7. The van der Waals surface area contributed by atoms with Crippen LogP contribution in [0.3, 0.4) is 0 Å². The summed E-state index contributed by atoms with van der Waals surface area (Å²) in [4.78, 5) is 32.2. The van der Waals surface area contributed by atoms with Crippen molar-refractivity contribution in [3.05, 3.63) is 72.9 Å². The Labute approximate surface area is 224 Å². The van der Waals surface area contributed by atoms with Gasteiger partial charge in [-0.3, -0.25) is 14.4 Å².